The minimum absolute atomic E-state index is 0. The van der Waals surface area contributed by atoms with E-state index in [1.165, 1.54) is 30.5 Å². The van der Waals surface area contributed by atoms with Gasteiger partial charge in [0.25, 0.3) is 5.69 Å². The van der Waals surface area contributed by atoms with E-state index >= 15 is 0 Å². The zero-order valence-electron chi connectivity index (χ0n) is 11.3. The number of halogens is 1. The van der Waals surface area contributed by atoms with E-state index in [1.807, 2.05) is 0 Å². The maximum absolute atomic E-state index is 12.2. The van der Waals surface area contributed by atoms with Crippen LogP contribution in [0.25, 0.3) is 0 Å². The number of carbonyl (C=O) groups excluding carboxylic acids is 1. The molecule has 0 aliphatic carbocycles. The third-order valence-electron chi connectivity index (χ3n) is 2.88. The first-order valence-corrected chi connectivity index (χ1v) is 6.05. The largest absolute Gasteiger partial charge is 1.00 e. The minimum Gasteiger partial charge on any atom is -1.00 e. The van der Waals surface area contributed by atoms with Gasteiger partial charge in [0.1, 0.15) is 6.21 Å². The fourth-order valence-corrected chi connectivity index (χ4v) is 1.82. The van der Waals surface area contributed by atoms with Gasteiger partial charge in [0, 0.05) is 29.8 Å². The van der Waals surface area contributed by atoms with Gasteiger partial charge in [-0.2, -0.15) is 4.57 Å². The molecule has 114 valence electrons. The molecule has 2 aromatic rings. The first-order valence-electron chi connectivity index (χ1n) is 6.05. The van der Waals surface area contributed by atoms with Crippen LogP contribution in [-0.2, 0) is 6.54 Å². The van der Waals surface area contributed by atoms with Crippen LogP contribution in [0.3, 0.4) is 0 Å². The molecule has 0 atom stereocenters. The molecule has 8 heteroatoms. The van der Waals surface area contributed by atoms with E-state index in [-0.39, 0.29) is 35.0 Å². The lowest BCUT2D eigenvalue weighted by molar-refractivity contribution is -0.684. The van der Waals surface area contributed by atoms with Gasteiger partial charge in [0.05, 0.1) is 4.92 Å². The van der Waals surface area contributed by atoms with E-state index in [0.29, 0.717) is 11.3 Å². The number of nitro benzene ring substituents is 1. The van der Waals surface area contributed by atoms with E-state index in [0.717, 1.165) is 0 Å². The number of hydrogen-bond donors (Lipinski definition) is 1. The van der Waals surface area contributed by atoms with Crippen molar-refractivity contribution in [2.24, 2.45) is 5.16 Å². The number of Topliss-reactive ketones (excluding diaryl/α,β-unsaturated/α-hetero) is 1. The van der Waals surface area contributed by atoms with Crippen molar-refractivity contribution in [3.05, 3.63) is 70.0 Å². The van der Waals surface area contributed by atoms with Gasteiger partial charge >= 0.3 is 0 Å². The average molecular weight is 366 g/mol. The monoisotopic (exact) mass is 365 g/mol. The van der Waals surface area contributed by atoms with Crippen molar-refractivity contribution in [2.75, 3.05) is 0 Å². The normalized spacial score (nSPS) is 10.2. The number of aromatic nitrogens is 1. The van der Waals surface area contributed by atoms with Crippen LogP contribution in [0.15, 0.2) is 53.8 Å². The first kappa shape index (κ1) is 17.4. The van der Waals surface area contributed by atoms with E-state index in [4.69, 9.17) is 5.21 Å². The van der Waals surface area contributed by atoms with Crippen molar-refractivity contribution < 1.29 is 36.5 Å². The lowest BCUT2D eigenvalue weighted by Gasteiger charge is -2.00. The Morgan fingerprint density at radius 1 is 1.27 bits per heavy atom. The summed E-state index contributed by atoms with van der Waals surface area (Å²) in [6, 6.07) is 10.6. The third-order valence-corrected chi connectivity index (χ3v) is 2.88. The Balaban J connectivity index is 0.00000242. The fourth-order valence-electron chi connectivity index (χ4n) is 1.82. The molecule has 1 aromatic heterocycles. The van der Waals surface area contributed by atoms with Gasteiger partial charge in [-0.25, -0.2) is 0 Å². The second kappa shape index (κ2) is 7.99. The number of benzene rings is 1. The summed E-state index contributed by atoms with van der Waals surface area (Å²) in [6.45, 7) is 0.0417. The van der Waals surface area contributed by atoms with Gasteiger partial charge < -0.3 is 22.2 Å². The molecule has 1 aromatic carbocycles. The van der Waals surface area contributed by atoms with Gasteiger partial charge in [0.15, 0.2) is 6.20 Å². The number of oxime groups is 1. The highest BCUT2D eigenvalue weighted by molar-refractivity contribution is 5.95. The predicted molar refractivity (Wildman–Crippen MR) is 73.4 cm³/mol. The smallest absolute Gasteiger partial charge is 0.269 e. The summed E-state index contributed by atoms with van der Waals surface area (Å²) in [5, 5.41) is 22.1. The Labute approximate surface area is 136 Å². The number of carbonyl (C=O) groups is 1. The third kappa shape index (κ3) is 4.19. The van der Waals surface area contributed by atoms with Crippen LogP contribution in [0.4, 0.5) is 5.69 Å². The Hall–Kier alpha value is -2.61. The topological polar surface area (TPSA) is 96.7 Å². The van der Waals surface area contributed by atoms with Crippen molar-refractivity contribution in [1.82, 2.24) is 0 Å². The van der Waals surface area contributed by atoms with Gasteiger partial charge in [-0.3, -0.25) is 14.9 Å². The summed E-state index contributed by atoms with van der Waals surface area (Å²) >= 11 is 0. The van der Waals surface area contributed by atoms with E-state index in [1.54, 1.807) is 29.0 Å². The summed E-state index contributed by atoms with van der Waals surface area (Å²) in [7, 11) is 0. The Bertz CT molecular complexity index is 701. The molecule has 0 unspecified atom stereocenters. The molecule has 0 spiro atoms. The minimum atomic E-state index is -0.518. The van der Waals surface area contributed by atoms with Gasteiger partial charge in [0.2, 0.25) is 18.0 Å². The molecule has 0 radical (unpaired) electrons. The molecule has 0 saturated heterocycles. The Morgan fingerprint density at radius 3 is 2.55 bits per heavy atom. The Kier molecular flexibility index (Phi) is 6.33. The molecular weight excluding hydrogens is 354 g/mol. The van der Waals surface area contributed by atoms with Crippen LogP contribution >= 0.6 is 0 Å². The number of nitro groups is 1. The summed E-state index contributed by atoms with van der Waals surface area (Å²) in [5.41, 5.74) is 0.881. The van der Waals surface area contributed by atoms with E-state index < -0.39 is 4.92 Å². The molecule has 0 bridgehead atoms. The van der Waals surface area contributed by atoms with Crippen molar-refractivity contribution in [1.29, 1.82) is 0 Å². The maximum Gasteiger partial charge on any atom is 0.269 e. The standard InChI is InChI=1S/C14H11N3O4.BrH/c18-14(11-4-6-12(7-5-11)17(20)21)10-16-8-2-1-3-13(16)9-15-19;/h1-9H,10H2;1H. The zero-order valence-corrected chi connectivity index (χ0v) is 12.9. The summed E-state index contributed by atoms with van der Waals surface area (Å²) in [6.07, 6.45) is 2.91. The maximum atomic E-state index is 12.2. The van der Waals surface area contributed by atoms with E-state index in [9.17, 15) is 14.9 Å². The number of hydrogen-bond acceptors (Lipinski definition) is 5. The Morgan fingerprint density at radius 2 is 1.95 bits per heavy atom. The van der Waals surface area contributed by atoms with Crippen molar-refractivity contribution >= 4 is 17.7 Å². The lowest BCUT2D eigenvalue weighted by atomic mass is 10.1. The number of rotatable bonds is 5. The molecule has 1 heterocycles. The molecule has 7 nitrogen and oxygen atoms in total. The van der Waals surface area contributed by atoms with Gasteiger partial charge in [-0.05, 0) is 18.2 Å². The van der Waals surface area contributed by atoms with Crippen molar-refractivity contribution in [2.45, 2.75) is 6.54 Å². The highest BCUT2D eigenvalue weighted by Crippen LogP contribution is 2.12. The molecule has 2 rings (SSSR count). The highest BCUT2D eigenvalue weighted by Gasteiger charge is 2.16. The molecular formula is C14H12BrN3O4. The van der Waals surface area contributed by atoms with Crippen LogP contribution in [0.1, 0.15) is 16.1 Å². The lowest BCUT2D eigenvalue weighted by Crippen LogP contribution is -3.00. The molecule has 0 aliphatic heterocycles. The van der Waals surface area contributed by atoms with Gasteiger partial charge in [-0.1, -0.05) is 5.16 Å². The van der Waals surface area contributed by atoms with E-state index in [2.05, 4.69) is 5.16 Å². The van der Waals surface area contributed by atoms with Crippen LogP contribution in [-0.4, -0.2) is 22.1 Å². The number of pyridine rings is 1. The quantitative estimate of drug-likeness (QED) is 0.175. The van der Waals surface area contributed by atoms with Crippen LogP contribution < -0.4 is 21.5 Å². The summed E-state index contributed by atoms with van der Waals surface area (Å²) in [4.78, 5) is 22.2. The second-order valence-electron chi connectivity index (χ2n) is 4.23. The molecule has 1 N–H and O–H groups in total. The number of ketones is 1. The highest BCUT2D eigenvalue weighted by atomic mass is 79.9. The molecule has 0 aliphatic rings. The fraction of sp³-hybridized carbons (Fsp3) is 0.0714. The average Bonchev–Trinajstić information content (AvgIpc) is 2.49. The molecule has 22 heavy (non-hydrogen) atoms. The van der Waals surface area contributed by atoms with Gasteiger partial charge in [-0.15, -0.1) is 0 Å². The molecule has 0 saturated carbocycles. The van der Waals surface area contributed by atoms with Crippen LogP contribution in [0.2, 0.25) is 0 Å². The van der Waals surface area contributed by atoms with Crippen LogP contribution in [0, 0.1) is 10.1 Å². The first-order chi connectivity index (χ1) is 10.1. The van der Waals surface area contributed by atoms with Crippen molar-refractivity contribution in [3.8, 4) is 0 Å². The summed E-state index contributed by atoms with van der Waals surface area (Å²) in [5.74, 6) is -0.200. The summed E-state index contributed by atoms with van der Waals surface area (Å²) < 4.78 is 1.61. The zero-order chi connectivity index (χ0) is 15.2. The number of nitrogens with zero attached hydrogens (tertiary/aromatic N) is 3. The SMILES string of the molecule is O=C(C[n+]1ccccc1C=NO)c1ccc([N+](=O)[O-])cc1.[Br-]. The number of non-ortho nitro benzene ring substituents is 1. The predicted octanol–water partition coefficient (Wildman–Crippen LogP) is -1.42. The van der Waals surface area contributed by atoms with Crippen LogP contribution in [0.5, 0.6) is 0 Å². The molecule has 0 fully saturated rings. The van der Waals surface area contributed by atoms with Crippen molar-refractivity contribution in [3.63, 3.8) is 0 Å². The molecule has 0 amide bonds. The second-order valence-corrected chi connectivity index (χ2v) is 4.23.